The van der Waals surface area contributed by atoms with Gasteiger partial charge in [0, 0.05) is 36.7 Å². The zero-order chi connectivity index (χ0) is 30.1. The number of carbonyl (C=O) groups is 1. The van der Waals surface area contributed by atoms with Crippen molar-refractivity contribution in [1.29, 1.82) is 0 Å². The average molecular weight is 577 g/mol. The van der Waals surface area contributed by atoms with Gasteiger partial charge in [-0.05, 0) is 92.4 Å². The molecule has 2 N–H and O–H groups in total. The molecular formula is C37H40N2O4. The van der Waals surface area contributed by atoms with E-state index < -0.39 is 17.1 Å². The molecule has 6 nitrogen and oxygen atoms in total. The fourth-order valence-electron chi connectivity index (χ4n) is 8.77. The molecule has 2 aliphatic carbocycles. The van der Waals surface area contributed by atoms with Crippen LogP contribution in [0.15, 0.2) is 60.7 Å². The molecule has 43 heavy (non-hydrogen) atoms. The van der Waals surface area contributed by atoms with Gasteiger partial charge in [-0.25, -0.2) is 0 Å². The number of aliphatic hydroxyl groups is 1. The van der Waals surface area contributed by atoms with E-state index in [1.807, 2.05) is 37.3 Å². The van der Waals surface area contributed by atoms with E-state index >= 15 is 0 Å². The Morgan fingerprint density at radius 1 is 1.12 bits per heavy atom. The molecule has 2 bridgehead atoms. The highest BCUT2D eigenvalue weighted by Gasteiger charge is 2.75. The molecule has 2 fully saturated rings. The molecule has 1 spiro atoms. The van der Waals surface area contributed by atoms with Gasteiger partial charge in [0.15, 0.2) is 11.5 Å². The zero-order valence-electron chi connectivity index (χ0n) is 25.4. The monoisotopic (exact) mass is 576 g/mol. The van der Waals surface area contributed by atoms with E-state index in [1.54, 1.807) is 18.0 Å². The van der Waals surface area contributed by atoms with Gasteiger partial charge in [0.1, 0.15) is 6.10 Å². The van der Waals surface area contributed by atoms with Crippen LogP contribution in [0.4, 0.5) is 0 Å². The highest BCUT2D eigenvalue weighted by Crippen LogP contribution is 2.67. The fraction of sp³-hybridized carbons (Fsp3) is 0.432. The van der Waals surface area contributed by atoms with Gasteiger partial charge in [-0.1, -0.05) is 55.3 Å². The van der Waals surface area contributed by atoms with E-state index in [1.165, 1.54) is 11.1 Å². The quantitative estimate of drug-likeness (QED) is 0.447. The number of phenols is 1. The number of hydrogen-bond donors (Lipinski definition) is 2. The van der Waals surface area contributed by atoms with Crippen LogP contribution >= 0.6 is 0 Å². The van der Waals surface area contributed by atoms with Crippen LogP contribution in [-0.2, 0) is 23.1 Å². The Hall–Kier alpha value is -3.79. The molecular weight excluding hydrogens is 536 g/mol. The van der Waals surface area contributed by atoms with Crippen LogP contribution in [0.5, 0.6) is 11.5 Å². The Balaban J connectivity index is 1.24. The number of carbonyl (C=O) groups excluding carboxylic acids is 1. The number of ether oxygens (including phenoxy) is 1. The minimum absolute atomic E-state index is 0.0828. The van der Waals surface area contributed by atoms with Crippen molar-refractivity contribution in [2.24, 2.45) is 5.92 Å². The number of aromatic hydroxyl groups is 1. The molecule has 0 radical (unpaired) electrons. The molecule has 2 heterocycles. The van der Waals surface area contributed by atoms with Crippen molar-refractivity contribution in [3.63, 3.8) is 0 Å². The van der Waals surface area contributed by atoms with Crippen molar-refractivity contribution in [1.82, 2.24) is 9.80 Å². The second-order valence-corrected chi connectivity index (χ2v) is 13.2. The summed E-state index contributed by atoms with van der Waals surface area (Å²) < 4.78 is 6.69. The van der Waals surface area contributed by atoms with Crippen LogP contribution in [0.2, 0.25) is 0 Å². The first-order valence-electron chi connectivity index (χ1n) is 15.5. The molecule has 1 amide bonds. The lowest BCUT2D eigenvalue weighted by molar-refractivity contribution is -0.223. The summed E-state index contributed by atoms with van der Waals surface area (Å²) in [4.78, 5) is 17.8. The maximum absolute atomic E-state index is 13.6. The van der Waals surface area contributed by atoms with Crippen LogP contribution in [0, 0.1) is 31.6 Å². The van der Waals surface area contributed by atoms with E-state index in [9.17, 15) is 15.0 Å². The van der Waals surface area contributed by atoms with Crippen molar-refractivity contribution < 1.29 is 19.7 Å². The van der Waals surface area contributed by atoms with Crippen LogP contribution < -0.4 is 4.74 Å². The largest absolute Gasteiger partial charge is 0.504 e. The Bertz CT molecular complexity index is 1660. The van der Waals surface area contributed by atoms with E-state index in [4.69, 9.17) is 4.74 Å². The zero-order valence-corrected chi connectivity index (χ0v) is 25.4. The molecule has 7 rings (SSSR count). The Morgan fingerprint density at radius 2 is 1.91 bits per heavy atom. The first-order valence-corrected chi connectivity index (χ1v) is 15.5. The number of benzene rings is 3. The molecule has 4 aliphatic rings. The molecule has 6 atom stereocenters. The Labute approximate surface area is 254 Å². The Kier molecular flexibility index (Phi) is 6.61. The second-order valence-electron chi connectivity index (χ2n) is 13.2. The second kappa shape index (κ2) is 10.1. The van der Waals surface area contributed by atoms with Gasteiger partial charge in [0.2, 0.25) is 0 Å². The van der Waals surface area contributed by atoms with Gasteiger partial charge in [-0.2, -0.15) is 0 Å². The highest BCUT2D eigenvalue weighted by molar-refractivity contribution is 5.94. The molecule has 3 aromatic rings. The van der Waals surface area contributed by atoms with Crippen molar-refractivity contribution in [2.45, 2.75) is 75.7 Å². The van der Waals surface area contributed by atoms with E-state index in [2.05, 4.69) is 54.9 Å². The summed E-state index contributed by atoms with van der Waals surface area (Å²) in [7, 11) is 1.80. The summed E-state index contributed by atoms with van der Waals surface area (Å²) in [6, 6.07) is 19.8. The van der Waals surface area contributed by atoms with Crippen molar-refractivity contribution in [3.05, 3.63) is 94.0 Å². The highest BCUT2D eigenvalue weighted by atomic mass is 16.5. The number of amides is 1. The number of likely N-dealkylation sites (N-methyl/N-ethyl adjacent to an activating group) is 1. The first-order chi connectivity index (χ1) is 20.6. The maximum Gasteiger partial charge on any atom is 0.298 e. The summed E-state index contributed by atoms with van der Waals surface area (Å²) in [5.41, 5.74) is 4.73. The Morgan fingerprint density at radius 3 is 2.67 bits per heavy atom. The molecule has 0 aromatic heterocycles. The lowest BCUT2D eigenvalue weighted by Crippen LogP contribution is -2.80. The number of hydrogen-bond acceptors (Lipinski definition) is 5. The van der Waals surface area contributed by atoms with Crippen molar-refractivity contribution in [2.75, 3.05) is 20.1 Å². The normalized spacial score (nSPS) is 30.1. The van der Waals surface area contributed by atoms with Crippen LogP contribution in [0.3, 0.4) is 0 Å². The summed E-state index contributed by atoms with van der Waals surface area (Å²) in [6.45, 7) is 7.91. The lowest BCUT2D eigenvalue weighted by Gasteiger charge is -2.66. The minimum atomic E-state index is -1.07. The summed E-state index contributed by atoms with van der Waals surface area (Å²) in [5, 5.41) is 24.0. The standard InChI is InChI=1S/C37H40N2O4/c1-23-10-11-27(20-24(23)2)12-15-32(41)38(4)29-21-25(3)37(42)31-22-28-13-14-30(40)34-33(28)36(37,35(29)43-34)17-19-39(31)18-16-26-8-6-5-7-9-26/h5-11,13-14,20,25,29,31,35,40,42H,16-19,21-22H2,1-4H3/t25-,29+,31+,35+,36-,37+/m0/s1. The van der Waals surface area contributed by atoms with Crippen LogP contribution in [0.1, 0.15) is 53.1 Å². The summed E-state index contributed by atoms with van der Waals surface area (Å²) in [5.74, 6) is 6.14. The maximum atomic E-state index is 13.6. The number of piperidine rings is 1. The van der Waals surface area contributed by atoms with Crippen LogP contribution in [0.25, 0.3) is 0 Å². The SMILES string of the molecule is Cc1ccc(C#CC(=O)N(C)[C@@H]2C[C@H](C)[C@@]3(O)[C@H]4Cc5ccc(O)c6c5[C@@]3(CCN4CCc3ccccc3)[C@@H]2O6)cc1C. The smallest absolute Gasteiger partial charge is 0.298 e. The summed E-state index contributed by atoms with van der Waals surface area (Å²) >= 11 is 0. The molecule has 0 unspecified atom stereocenters. The fourth-order valence-corrected chi connectivity index (χ4v) is 8.77. The topological polar surface area (TPSA) is 73.2 Å². The van der Waals surface area contributed by atoms with Crippen LogP contribution in [-0.4, -0.2) is 69.8 Å². The molecule has 222 valence electrons. The van der Waals surface area contributed by atoms with Gasteiger partial charge in [0.25, 0.3) is 5.91 Å². The number of phenolic OH excluding ortho intramolecular Hbond substituents is 1. The minimum Gasteiger partial charge on any atom is -0.504 e. The third-order valence-corrected chi connectivity index (χ3v) is 11.1. The first kappa shape index (κ1) is 28.0. The van der Waals surface area contributed by atoms with Crippen molar-refractivity contribution >= 4 is 5.91 Å². The van der Waals surface area contributed by atoms with Gasteiger partial charge in [-0.15, -0.1) is 0 Å². The third-order valence-electron chi connectivity index (χ3n) is 11.1. The van der Waals surface area contributed by atoms with E-state index in [0.29, 0.717) is 25.0 Å². The molecule has 2 aliphatic heterocycles. The predicted octanol–water partition coefficient (Wildman–Crippen LogP) is 4.53. The lowest BCUT2D eigenvalue weighted by atomic mass is 9.45. The van der Waals surface area contributed by atoms with Gasteiger partial charge >= 0.3 is 0 Å². The van der Waals surface area contributed by atoms with Gasteiger partial charge in [0.05, 0.1) is 17.1 Å². The predicted molar refractivity (Wildman–Crippen MR) is 166 cm³/mol. The number of rotatable bonds is 4. The molecule has 6 heteroatoms. The van der Waals surface area contributed by atoms with Gasteiger partial charge in [-0.3, -0.25) is 9.69 Å². The number of likely N-dealkylation sites (tertiary alicyclic amines) is 1. The van der Waals surface area contributed by atoms with Gasteiger partial charge < -0.3 is 19.8 Å². The summed E-state index contributed by atoms with van der Waals surface area (Å²) in [6.07, 6.45) is 2.43. The van der Waals surface area contributed by atoms with E-state index in [0.717, 1.165) is 41.8 Å². The van der Waals surface area contributed by atoms with Crippen molar-refractivity contribution in [3.8, 4) is 23.3 Å². The average Bonchev–Trinajstić information content (AvgIpc) is 3.36. The molecule has 3 aromatic carbocycles. The molecule has 1 saturated carbocycles. The number of nitrogens with zero attached hydrogens (tertiary/aromatic N) is 2. The molecule has 1 saturated heterocycles. The van der Waals surface area contributed by atoms with E-state index in [-0.39, 0.29) is 29.7 Å². The third kappa shape index (κ3) is 4.05. The number of aryl methyl sites for hydroxylation is 2.